The van der Waals surface area contributed by atoms with Crippen LogP contribution in [0.1, 0.15) is 12.5 Å². The molecule has 0 aliphatic heterocycles. The van der Waals surface area contributed by atoms with E-state index in [0.29, 0.717) is 0 Å². The molecule has 1 aromatic carbocycles. The molecule has 0 aliphatic rings. The van der Waals surface area contributed by atoms with Crippen molar-refractivity contribution in [2.45, 2.75) is 13.1 Å². The maximum atomic E-state index is 12.9. The number of carbonyl (C=O) groups is 2. The first kappa shape index (κ1) is 19.3. The minimum absolute atomic E-state index is 0.0742. The van der Waals surface area contributed by atoms with E-state index in [1.54, 1.807) is 6.92 Å². The zero-order chi connectivity index (χ0) is 18.3. The standard InChI is InChI=1S/C15H16F3NO5/c1-4-24-12-6-5-9(15(16,17)18)7-10(12)19-11(14(21)23-3)8-13(20)22-2/h5-8,19H,4H2,1-3H3/b11-8+. The second-order valence-electron chi connectivity index (χ2n) is 4.34. The lowest BCUT2D eigenvalue weighted by Crippen LogP contribution is -2.16. The smallest absolute Gasteiger partial charge is 0.416 e. The molecule has 0 saturated carbocycles. The monoisotopic (exact) mass is 347 g/mol. The molecule has 0 radical (unpaired) electrons. The van der Waals surface area contributed by atoms with Crippen LogP contribution in [0.25, 0.3) is 0 Å². The van der Waals surface area contributed by atoms with E-state index in [2.05, 4.69) is 14.8 Å². The van der Waals surface area contributed by atoms with Gasteiger partial charge < -0.3 is 19.5 Å². The summed E-state index contributed by atoms with van der Waals surface area (Å²) >= 11 is 0. The maximum absolute atomic E-state index is 12.9. The van der Waals surface area contributed by atoms with Crippen molar-refractivity contribution < 1.29 is 37.0 Å². The zero-order valence-corrected chi connectivity index (χ0v) is 13.2. The summed E-state index contributed by atoms with van der Waals surface area (Å²) in [5.41, 5.74) is -1.49. The number of benzene rings is 1. The lowest BCUT2D eigenvalue weighted by atomic mass is 10.1. The first-order valence-corrected chi connectivity index (χ1v) is 6.72. The molecular formula is C15H16F3NO5. The van der Waals surface area contributed by atoms with E-state index in [1.165, 1.54) is 0 Å². The third-order valence-corrected chi connectivity index (χ3v) is 2.74. The summed E-state index contributed by atoms with van der Waals surface area (Å²) in [7, 11) is 2.15. The van der Waals surface area contributed by atoms with Gasteiger partial charge in [0.2, 0.25) is 0 Å². The fraction of sp³-hybridized carbons (Fsp3) is 0.333. The van der Waals surface area contributed by atoms with Crippen molar-refractivity contribution in [3.05, 3.63) is 35.5 Å². The lowest BCUT2D eigenvalue weighted by Gasteiger charge is -2.16. The van der Waals surface area contributed by atoms with Gasteiger partial charge in [0, 0.05) is 0 Å². The van der Waals surface area contributed by atoms with Gasteiger partial charge in [-0.2, -0.15) is 13.2 Å². The van der Waals surface area contributed by atoms with Gasteiger partial charge in [0.05, 0.1) is 38.2 Å². The van der Waals surface area contributed by atoms with Gasteiger partial charge >= 0.3 is 18.1 Å². The number of halogens is 3. The molecule has 0 spiro atoms. The zero-order valence-electron chi connectivity index (χ0n) is 13.2. The summed E-state index contributed by atoms with van der Waals surface area (Å²) in [5.74, 6) is -1.77. The summed E-state index contributed by atoms with van der Waals surface area (Å²) in [4.78, 5) is 23.0. The second kappa shape index (κ2) is 8.23. The molecule has 0 unspecified atom stereocenters. The van der Waals surface area contributed by atoms with Crippen LogP contribution in [0.4, 0.5) is 18.9 Å². The highest BCUT2D eigenvalue weighted by atomic mass is 19.4. The molecule has 132 valence electrons. The Morgan fingerprint density at radius 1 is 1.21 bits per heavy atom. The molecule has 0 heterocycles. The molecule has 6 nitrogen and oxygen atoms in total. The van der Waals surface area contributed by atoms with Crippen molar-refractivity contribution in [1.29, 1.82) is 0 Å². The van der Waals surface area contributed by atoms with E-state index in [9.17, 15) is 22.8 Å². The number of nitrogens with one attached hydrogen (secondary N) is 1. The molecule has 0 bridgehead atoms. The van der Waals surface area contributed by atoms with Gasteiger partial charge in [-0.25, -0.2) is 9.59 Å². The van der Waals surface area contributed by atoms with Crippen LogP contribution in [0.5, 0.6) is 5.75 Å². The van der Waals surface area contributed by atoms with E-state index in [0.717, 1.165) is 38.5 Å². The Morgan fingerprint density at radius 2 is 1.88 bits per heavy atom. The summed E-state index contributed by atoms with van der Waals surface area (Å²) in [6.45, 7) is 1.83. The second-order valence-corrected chi connectivity index (χ2v) is 4.34. The van der Waals surface area contributed by atoms with Crippen molar-refractivity contribution >= 4 is 17.6 Å². The van der Waals surface area contributed by atoms with Crippen LogP contribution in [0, 0.1) is 0 Å². The van der Waals surface area contributed by atoms with Gasteiger partial charge in [0.1, 0.15) is 11.4 Å². The number of alkyl halides is 3. The molecule has 0 fully saturated rings. The summed E-state index contributed by atoms with van der Waals surface area (Å²) in [6.07, 6.45) is -3.82. The highest BCUT2D eigenvalue weighted by Gasteiger charge is 2.31. The Morgan fingerprint density at radius 3 is 2.38 bits per heavy atom. The average Bonchev–Trinajstić information content (AvgIpc) is 2.53. The predicted octanol–water partition coefficient (Wildman–Crippen LogP) is 2.75. The average molecular weight is 347 g/mol. The third-order valence-electron chi connectivity index (χ3n) is 2.74. The van der Waals surface area contributed by atoms with Crippen LogP contribution in [0.15, 0.2) is 30.0 Å². The number of methoxy groups -OCH3 is 2. The molecule has 0 aromatic heterocycles. The Kier molecular flexibility index (Phi) is 6.63. The summed E-state index contributed by atoms with van der Waals surface area (Å²) in [6, 6.07) is 2.72. The van der Waals surface area contributed by atoms with Gasteiger partial charge in [0.25, 0.3) is 0 Å². The van der Waals surface area contributed by atoms with Crippen molar-refractivity contribution in [2.75, 3.05) is 26.1 Å². The van der Waals surface area contributed by atoms with Gasteiger partial charge in [-0.05, 0) is 25.1 Å². The van der Waals surface area contributed by atoms with Crippen molar-refractivity contribution in [1.82, 2.24) is 0 Å². The van der Waals surface area contributed by atoms with E-state index in [-0.39, 0.29) is 18.0 Å². The number of hydrogen-bond donors (Lipinski definition) is 1. The van der Waals surface area contributed by atoms with E-state index in [1.807, 2.05) is 0 Å². The van der Waals surface area contributed by atoms with E-state index in [4.69, 9.17) is 4.74 Å². The van der Waals surface area contributed by atoms with Crippen LogP contribution in [0.2, 0.25) is 0 Å². The van der Waals surface area contributed by atoms with E-state index < -0.39 is 29.4 Å². The van der Waals surface area contributed by atoms with Crippen LogP contribution in [-0.2, 0) is 25.2 Å². The molecule has 1 N–H and O–H groups in total. The van der Waals surface area contributed by atoms with Gasteiger partial charge in [-0.15, -0.1) is 0 Å². The van der Waals surface area contributed by atoms with E-state index >= 15 is 0 Å². The molecule has 0 amide bonds. The van der Waals surface area contributed by atoms with Crippen molar-refractivity contribution in [3.8, 4) is 5.75 Å². The lowest BCUT2D eigenvalue weighted by molar-refractivity contribution is -0.138. The molecular weight excluding hydrogens is 331 g/mol. The number of esters is 2. The van der Waals surface area contributed by atoms with Crippen LogP contribution >= 0.6 is 0 Å². The molecule has 24 heavy (non-hydrogen) atoms. The SMILES string of the molecule is CCOc1ccc(C(F)(F)F)cc1N/C(=C/C(=O)OC)C(=O)OC. The number of rotatable bonds is 6. The number of anilines is 1. The Bertz CT molecular complexity index is 640. The Balaban J connectivity index is 3.31. The van der Waals surface area contributed by atoms with Crippen LogP contribution < -0.4 is 10.1 Å². The molecule has 9 heteroatoms. The topological polar surface area (TPSA) is 73.9 Å². The highest BCUT2D eigenvalue weighted by Crippen LogP contribution is 2.35. The third kappa shape index (κ3) is 5.18. The van der Waals surface area contributed by atoms with Gasteiger partial charge in [-0.3, -0.25) is 0 Å². The van der Waals surface area contributed by atoms with Crippen molar-refractivity contribution in [2.24, 2.45) is 0 Å². The Labute approximate surface area is 136 Å². The van der Waals surface area contributed by atoms with Crippen molar-refractivity contribution in [3.63, 3.8) is 0 Å². The number of hydrogen-bond acceptors (Lipinski definition) is 6. The number of ether oxygens (including phenoxy) is 3. The minimum Gasteiger partial charge on any atom is -0.492 e. The molecule has 1 rings (SSSR count). The number of carbonyl (C=O) groups excluding carboxylic acids is 2. The fourth-order valence-corrected chi connectivity index (χ4v) is 1.66. The van der Waals surface area contributed by atoms with Crippen LogP contribution in [0.3, 0.4) is 0 Å². The predicted molar refractivity (Wildman–Crippen MR) is 78.4 cm³/mol. The van der Waals surface area contributed by atoms with Gasteiger partial charge in [0.15, 0.2) is 0 Å². The van der Waals surface area contributed by atoms with Crippen LogP contribution in [-0.4, -0.2) is 32.8 Å². The summed E-state index contributed by atoms with van der Waals surface area (Å²) < 4.78 is 52.7. The fourth-order valence-electron chi connectivity index (χ4n) is 1.66. The van der Waals surface area contributed by atoms with Gasteiger partial charge in [-0.1, -0.05) is 0 Å². The molecule has 0 aliphatic carbocycles. The molecule has 0 saturated heterocycles. The summed E-state index contributed by atoms with van der Waals surface area (Å²) in [5, 5.41) is 2.42. The normalized spacial score (nSPS) is 11.7. The quantitative estimate of drug-likeness (QED) is 0.630. The first-order chi connectivity index (χ1) is 11.2. The molecule has 0 atom stereocenters. The first-order valence-electron chi connectivity index (χ1n) is 6.72. The largest absolute Gasteiger partial charge is 0.492 e. The highest BCUT2D eigenvalue weighted by molar-refractivity contribution is 5.99. The molecule has 1 aromatic rings. The Hall–Kier alpha value is -2.71. The minimum atomic E-state index is -4.58. The maximum Gasteiger partial charge on any atom is 0.416 e.